The average molecular weight is 323 g/mol. The van der Waals surface area contributed by atoms with Gasteiger partial charge in [0.15, 0.2) is 5.82 Å². The summed E-state index contributed by atoms with van der Waals surface area (Å²) in [4.78, 5) is 26.0. The van der Waals surface area contributed by atoms with Crippen LogP contribution in [0.4, 0.5) is 15.8 Å². The van der Waals surface area contributed by atoms with Crippen molar-refractivity contribution in [1.29, 1.82) is 0 Å². The standard InChI is InChI=1S/C16H22FN3O3/c1-4-5-16(21)19-7-6-18(10-12(19)3)15-8-11(2)14(20(22)23)9-13(15)17/h8-9,12H,4-7,10H2,1-3H3. The molecule has 0 bridgehead atoms. The summed E-state index contributed by atoms with van der Waals surface area (Å²) in [5.74, 6) is -0.470. The van der Waals surface area contributed by atoms with Crippen LogP contribution in [-0.2, 0) is 4.79 Å². The van der Waals surface area contributed by atoms with E-state index in [-0.39, 0.29) is 17.6 Å². The number of rotatable bonds is 4. The van der Waals surface area contributed by atoms with E-state index >= 15 is 0 Å². The van der Waals surface area contributed by atoms with Crippen molar-refractivity contribution in [2.24, 2.45) is 0 Å². The molecule has 1 fully saturated rings. The first-order chi connectivity index (χ1) is 10.8. The summed E-state index contributed by atoms with van der Waals surface area (Å²) in [6, 6.07) is 2.48. The predicted octanol–water partition coefficient (Wildman–Crippen LogP) is 2.88. The Bertz CT molecular complexity index is 621. The number of amides is 1. The number of nitrogens with zero attached hydrogens (tertiary/aromatic N) is 3. The number of benzene rings is 1. The van der Waals surface area contributed by atoms with Crippen LogP contribution in [0.25, 0.3) is 0 Å². The van der Waals surface area contributed by atoms with Gasteiger partial charge in [0, 0.05) is 37.7 Å². The fourth-order valence-electron chi connectivity index (χ4n) is 3.00. The fraction of sp³-hybridized carbons (Fsp3) is 0.562. The van der Waals surface area contributed by atoms with E-state index in [1.807, 2.05) is 23.6 Å². The van der Waals surface area contributed by atoms with Crippen molar-refractivity contribution in [1.82, 2.24) is 4.90 Å². The Kier molecular flexibility index (Phi) is 5.18. The molecule has 1 aromatic rings. The second-order valence-corrected chi connectivity index (χ2v) is 5.98. The van der Waals surface area contributed by atoms with Crippen molar-refractivity contribution in [3.63, 3.8) is 0 Å². The minimum atomic E-state index is -0.595. The van der Waals surface area contributed by atoms with Gasteiger partial charge in [0.25, 0.3) is 5.69 Å². The molecule has 0 radical (unpaired) electrons. The topological polar surface area (TPSA) is 66.7 Å². The molecule has 0 aliphatic carbocycles. The third-order valence-electron chi connectivity index (χ3n) is 4.21. The molecule has 7 heteroatoms. The molecule has 1 aliphatic heterocycles. The molecule has 0 saturated carbocycles. The minimum Gasteiger partial charge on any atom is -0.365 e. The first kappa shape index (κ1) is 17.2. The van der Waals surface area contributed by atoms with E-state index in [0.29, 0.717) is 37.3 Å². The summed E-state index contributed by atoms with van der Waals surface area (Å²) in [6.45, 7) is 7.09. The number of piperazine rings is 1. The molecule has 1 saturated heterocycles. The van der Waals surface area contributed by atoms with E-state index in [0.717, 1.165) is 12.5 Å². The van der Waals surface area contributed by atoms with Gasteiger partial charge in [0.2, 0.25) is 5.91 Å². The second-order valence-electron chi connectivity index (χ2n) is 5.98. The summed E-state index contributed by atoms with van der Waals surface area (Å²) in [7, 11) is 0. The lowest BCUT2D eigenvalue weighted by Crippen LogP contribution is -2.54. The SMILES string of the molecule is CCCC(=O)N1CCN(c2cc(C)c([N+](=O)[O-])cc2F)CC1C. The second kappa shape index (κ2) is 6.93. The lowest BCUT2D eigenvalue weighted by atomic mass is 10.1. The Morgan fingerprint density at radius 3 is 2.70 bits per heavy atom. The highest BCUT2D eigenvalue weighted by molar-refractivity contribution is 5.77. The van der Waals surface area contributed by atoms with E-state index in [1.54, 1.807) is 6.92 Å². The van der Waals surface area contributed by atoms with E-state index < -0.39 is 10.7 Å². The molecule has 1 atom stereocenters. The van der Waals surface area contributed by atoms with Gasteiger partial charge >= 0.3 is 0 Å². The maximum absolute atomic E-state index is 14.3. The highest BCUT2D eigenvalue weighted by atomic mass is 19.1. The van der Waals surface area contributed by atoms with E-state index in [2.05, 4.69) is 0 Å². The minimum absolute atomic E-state index is 0.0160. The fourth-order valence-corrected chi connectivity index (χ4v) is 3.00. The van der Waals surface area contributed by atoms with Crippen LogP contribution in [0.15, 0.2) is 12.1 Å². The summed E-state index contributed by atoms with van der Waals surface area (Å²) in [5, 5.41) is 10.9. The van der Waals surface area contributed by atoms with Crippen LogP contribution in [0.3, 0.4) is 0 Å². The van der Waals surface area contributed by atoms with Gasteiger partial charge in [-0.05, 0) is 26.3 Å². The van der Waals surface area contributed by atoms with Gasteiger partial charge < -0.3 is 9.80 Å². The molecule has 0 aromatic heterocycles. The Labute approximate surface area is 135 Å². The number of carbonyl (C=O) groups excluding carboxylic acids is 1. The molecule has 6 nitrogen and oxygen atoms in total. The van der Waals surface area contributed by atoms with Gasteiger partial charge in [-0.15, -0.1) is 0 Å². The number of anilines is 1. The van der Waals surface area contributed by atoms with Crippen molar-refractivity contribution in [3.8, 4) is 0 Å². The molecule has 126 valence electrons. The van der Waals surface area contributed by atoms with Crippen LogP contribution >= 0.6 is 0 Å². The Hall–Kier alpha value is -2.18. The van der Waals surface area contributed by atoms with Crippen molar-refractivity contribution in [2.45, 2.75) is 39.7 Å². The first-order valence-electron chi connectivity index (χ1n) is 7.84. The lowest BCUT2D eigenvalue weighted by Gasteiger charge is -2.41. The zero-order chi connectivity index (χ0) is 17.1. The molecule has 0 N–H and O–H groups in total. The van der Waals surface area contributed by atoms with Crippen molar-refractivity contribution >= 4 is 17.3 Å². The van der Waals surface area contributed by atoms with Crippen LogP contribution in [0, 0.1) is 22.9 Å². The Morgan fingerprint density at radius 1 is 1.43 bits per heavy atom. The van der Waals surface area contributed by atoms with Crippen LogP contribution in [0.5, 0.6) is 0 Å². The van der Waals surface area contributed by atoms with Gasteiger partial charge in [-0.25, -0.2) is 4.39 Å². The third-order valence-corrected chi connectivity index (χ3v) is 4.21. The maximum atomic E-state index is 14.3. The molecule has 1 unspecified atom stereocenters. The highest BCUT2D eigenvalue weighted by Gasteiger charge is 2.29. The third kappa shape index (κ3) is 3.60. The summed E-state index contributed by atoms with van der Waals surface area (Å²) >= 11 is 0. The number of nitro benzene ring substituents is 1. The van der Waals surface area contributed by atoms with Gasteiger partial charge in [-0.3, -0.25) is 14.9 Å². The van der Waals surface area contributed by atoms with Crippen LogP contribution in [-0.4, -0.2) is 41.4 Å². The van der Waals surface area contributed by atoms with Gasteiger partial charge in [0.1, 0.15) is 0 Å². The maximum Gasteiger partial charge on any atom is 0.275 e. The number of carbonyl (C=O) groups is 1. The molecule has 23 heavy (non-hydrogen) atoms. The van der Waals surface area contributed by atoms with E-state index in [1.165, 1.54) is 6.07 Å². The Balaban J connectivity index is 2.17. The normalized spacial score (nSPS) is 18.2. The average Bonchev–Trinajstić information content (AvgIpc) is 2.49. The quantitative estimate of drug-likeness (QED) is 0.631. The molecule has 1 heterocycles. The van der Waals surface area contributed by atoms with E-state index in [9.17, 15) is 19.3 Å². The first-order valence-corrected chi connectivity index (χ1v) is 7.84. The summed E-state index contributed by atoms with van der Waals surface area (Å²) in [5.41, 5.74) is 0.585. The molecule has 1 aliphatic rings. The van der Waals surface area contributed by atoms with Crippen LogP contribution in [0.1, 0.15) is 32.3 Å². The van der Waals surface area contributed by atoms with E-state index in [4.69, 9.17) is 0 Å². The zero-order valence-electron chi connectivity index (χ0n) is 13.7. The van der Waals surface area contributed by atoms with Crippen molar-refractivity contribution in [3.05, 3.63) is 33.6 Å². The lowest BCUT2D eigenvalue weighted by molar-refractivity contribution is -0.385. The van der Waals surface area contributed by atoms with Crippen LogP contribution in [0.2, 0.25) is 0 Å². The molecule has 1 aromatic carbocycles. The van der Waals surface area contributed by atoms with Crippen molar-refractivity contribution < 1.29 is 14.1 Å². The molecular formula is C16H22FN3O3. The predicted molar refractivity (Wildman–Crippen MR) is 86.1 cm³/mol. The largest absolute Gasteiger partial charge is 0.365 e. The number of halogens is 1. The molecule has 2 rings (SSSR count). The Morgan fingerprint density at radius 2 is 2.13 bits per heavy atom. The number of hydrogen-bond donors (Lipinski definition) is 0. The summed E-state index contributed by atoms with van der Waals surface area (Å²) in [6.07, 6.45) is 1.33. The summed E-state index contributed by atoms with van der Waals surface area (Å²) < 4.78 is 14.3. The van der Waals surface area contributed by atoms with Gasteiger partial charge in [-0.1, -0.05) is 6.92 Å². The number of hydrogen-bond acceptors (Lipinski definition) is 4. The number of nitro groups is 1. The molecular weight excluding hydrogens is 301 g/mol. The van der Waals surface area contributed by atoms with Crippen molar-refractivity contribution in [2.75, 3.05) is 24.5 Å². The molecule has 0 spiro atoms. The molecule has 1 amide bonds. The smallest absolute Gasteiger partial charge is 0.275 e. The zero-order valence-corrected chi connectivity index (χ0v) is 13.7. The highest BCUT2D eigenvalue weighted by Crippen LogP contribution is 2.29. The monoisotopic (exact) mass is 323 g/mol. The van der Waals surface area contributed by atoms with Crippen LogP contribution < -0.4 is 4.90 Å². The number of aryl methyl sites for hydroxylation is 1. The van der Waals surface area contributed by atoms with Gasteiger partial charge in [0.05, 0.1) is 16.7 Å². The van der Waals surface area contributed by atoms with Gasteiger partial charge in [-0.2, -0.15) is 0 Å².